The van der Waals surface area contributed by atoms with Gasteiger partial charge in [0.1, 0.15) is 0 Å². The molecule has 0 saturated heterocycles. The second-order valence-electron chi connectivity index (χ2n) is 0.970. The molecule has 0 aliphatic carbocycles. The van der Waals surface area contributed by atoms with Gasteiger partial charge in [-0.05, 0) is 0 Å². The number of nitrogens with one attached hydrogen (secondary N) is 1. The van der Waals surface area contributed by atoms with E-state index in [0.717, 1.165) is 0 Å². The van der Waals surface area contributed by atoms with Crippen LogP contribution >= 0.6 is 12.9 Å². The van der Waals surface area contributed by atoms with Crippen molar-refractivity contribution in [1.82, 2.24) is 5.48 Å². The zero-order valence-electron chi connectivity index (χ0n) is 3.97. The summed E-state index contributed by atoms with van der Waals surface area (Å²) in [5.41, 5.74) is 2.02. The summed E-state index contributed by atoms with van der Waals surface area (Å²) in [7, 11) is 0. The second kappa shape index (κ2) is 3.95. The Morgan fingerprint density at radius 2 is 2.57 bits per heavy atom. The van der Waals surface area contributed by atoms with E-state index in [1.54, 1.807) is 6.92 Å². The van der Waals surface area contributed by atoms with Crippen LogP contribution in [0.15, 0.2) is 0 Å². The Labute approximate surface area is 47.6 Å². The van der Waals surface area contributed by atoms with Crippen LogP contribution in [0.1, 0.15) is 13.3 Å². The van der Waals surface area contributed by atoms with Gasteiger partial charge in [0.25, 0.3) is 0 Å². The van der Waals surface area contributed by atoms with E-state index in [1.165, 1.54) is 0 Å². The first-order valence-corrected chi connectivity index (χ1v) is 2.27. The smallest absolute Gasteiger partial charge is 0.244 e. The summed E-state index contributed by atoms with van der Waals surface area (Å²) in [6.45, 7) is 1.72. The zero-order valence-corrected chi connectivity index (χ0v) is 4.87. The Morgan fingerprint density at radius 3 is 2.71 bits per heavy atom. The van der Waals surface area contributed by atoms with Crippen LogP contribution in [-0.2, 0) is 9.08 Å². The molecule has 0 unspecified atom stereocenters. The maximum absolute atomic E-state index is 10.1. The van der Waals surface area contributed by atoms with E-state index in [1.807, 2.05) is 5.48 Å². The number of rotatable bonds is 2. The molecule has 0 aromatic rings. The molecular weight excluding hydrogens is 114 g/mol. The van der Waals surface area contributed by atoms with Crippen molar-refractivity contribution in [2.75, 3.05) is 0 Å². The fourth-order valence-corrected chi connectivity index (χ4v) is 0.225. The van der Waals surface area contributed by atoms with E-state index in [9.17, 15) is 4.79 Å². The number of amides is 1. The molecule has 4 heteroatoms. The molecule has 0 bridgehead atoms. The molecule has 3 nitrogen and oxygen atoms in total. The average Bonchev–Trinajstić information content (AvgIpc) is 1.68. The third-order valence-electron chi connectivity index (χ3n) is 0.481. The lowest BCUT2D eigenvalue weighted by atomic mass is 10.5. The average molecular weight is 121 g/mol. The number of hydroxylamine groups is 1. The van der Waals surface area contributed by atoms with Crippen LogP contribution in [0, 0.1) is 0 Å². The number of hydrogen-bond acceptors (Lipinski definition) is 3. The normalized spacial score (nSPS) is 8.29. The fourth-order valence-electron chi connectivity index (χ4n) is 0.123. The summed E-state index contributed by atoms with van der Waals surface area (Å²) in [5.74, 6) is -0.171. The van der Waals surface area contributed by atoms with Crippen LogP contribution < -0.4 is 5.48 Å². The van der Waals surface area contributed by atoms with E-state index < -0.39 is 0 Å². The minimum absolute atomic E-state index is 0.171. The molecule has 0 aromatic heterocycles. The zero-order chi connectivity index (χ0) is 5.70. The minimum Gasteiger partial charge on any atom is -0.273 e. The molecule has 0 atom stereocenters. The SMILES string of the molecule is CCC(=O)NOS. The number of carbonyl (C=O) groups excluding carboxylic acids is 1. The minimum atomic E-state index is -0.171. The maximum Gasteiger partial charge on any atom is 0.244 e. The predicted molar refractivity (Wildman–Crippen MR) is 28.5 cm³/mol. The lowest BCUT2D eigenvalue weighted by molar-refractivity contribution is -0.126. The molecule has 7 heavy (non-hydrogen) atoms. The van der Waals surface area contributed by atoms with Gasteiger partial charge in [-0.2, -0.15) is 0 Å². The van der Waals surface area contributed by atoms with Gasteiger partial charge in [0.2, 0.25) is 5.91 Å². The van der Waals surface area contributed by atoms with E-state index in [2.05, 4.69) is 17.2 Å². The summed E-state index contributed by atoms with van der Waals surface area (Å²) in [6.07, 6.45) is 0.417. The molecule has 0 heterocycles. The maximum atomic E-state index is 10.1. The first-order valence-electron chi connectivity index (χ1n) is 1.90. The first kappa shape index (κ1) is 6.78. The predicted octanol–water partition coefficient (Wildman–Crippen LogP) is 0.289. The van der Waals surface area contributed by atoms with Crippen LogP contribution in [0.3, 0.4) is 0 Å². The Hall–Kier alpha value is -0.220. The van der Waals surface area contributed by atoms with Crippen molar-refractivity contribution in [2.45, 2.75) is 13.3 Å². The van der Waals surface area contributed by atoms with Gasteiger partial charge in [-0.1, -0.05) is 6.92 Å². The van der Waals surface area contributed by atoms with Gasteiger partial charge >= 0.3 is 0 Å². The first-order chi connectivity index (χ1) is 3.31. The Kier molecular flexibility index (Phi) is 3.83. The van der Waals surface area contributed by atoms with Crippen LogP contribution in [-0.4, -0.2) is 5.91 Å². The van der Waals surface area contributed by atoms with Gasteiger partial charge in [0, 0.05) is 19.3 Å². The molecule has 42 valence electrons. The van der Waals surface area contributed by atoms with Crippen LogP contribution in [0.25, 0.3) is 0 Å². The molecule has 0 fully saturated rings. The van der Waals surface area contributed by atoms with Crippen molar-refractivity contribution >= 4 is 18.8 Å². The van der Waals surface area contributed by atoms with E-state index >= 15 is 0 Å². The fraction of sp³-hybridized carbons (Fsp3) is 0.667. The Bertz CT molecular complexity index is 66.0. The molecule has 0 saturated carbocycles. The molecule has 0 rings (SSSR count). The van der Waals surface area contributed by atoms with Crippen molar-refractivity contribution < 1.29 is 9.08 Å². The molecule has 0 radical (unpaired) electrons. The van der Waals surface area contributed by atoms with Crippen LogP contribution in [0.4, 0.5) is 0 Å². The van der Waals surface area contributed by atoms with Crippen molar-refractivity contribution in [3.63, 3.8) is 0 Å². The van der Waals surface area contributed by atoms with E-state index in [-0.39, 0.29) is 5.91 Å². The molecule has 1 N–H and O–H groups in total. The van der Waals surface area contributed by atoms with Gasteiger partial charge < -0.3 is 0 Å². The van der Waals surface area contributed by atoms with Crippen molar-refractivity contribution in [3.8, 4) is 0 Å². The topological polar surface area (TPSA) is 38.3 Å². The third kappa shape index (κ3) is 3.61. The highest BCUT2D eigenvalue weighted by Crippen LogP contribution is 1.75. The highest BCUT2D eigenvalue weighted by atomic mass is 32.1. The van der Waals surface area contributed by atoms with Gasteiger partial charge in [0.15, 0.2) is 0 Å². The summed E-state index contributed by atoms with van der Waals surface area (Å²) in [5, 5.41) is 0. The standard InChI is InChI=1S/C3H7NO2S/c1-2-3(5)4-6-7/h7H,2H2,1H3,(H,4,5). The lowest BCUT2D eigenvalue weighted by Crippen LogP contribution is -2.17. The highest BCUT2D eigenvalue weighted by Gasteiger charge is 1.89. The number of hydrogen-bond donors (Lipinski definition) is 2. The Balaban J connectivity index is 3.00. The van der Waals surface area contributed by atoms with Gasteiger partial charge in [-0.25, -0.2) is 9.76 Å². The van der Waals surface area contributed by atoms with Crippen molar-refractivity contribution in [1.29, 1.82) is 0 Å². The van der Waals surface area contributed by atoms with E-state index in [4.69, 9.17) is 0 Å². The third-order valence-corrected chi connectivity index (χ3v) is 0.572. The second-order valence-corrected chi connectivity index (χ2v) is 1.15. The summed E-state index contributed by atoms with van der Waals surface area (Å²) in [6, 6.07) is 0. The molecule has 1 amide bonds. The van der Waals surface area contributed by atoms with Gasteiger partial charge in [-0.3, -0.25) is 4.79 Å². The van der Waals surface area contributed by atoms with E-state index in [0.29, 0.717) is 6.42 Å². The molecule has 0 aromatic carbocycles. The van der Waals surface area contributed by atoms with Gasteiger partial charge in [0.05, 0.1) is 0 Å². The quantitative estimate of drug-likeness (QED) is 0.313. The summed E-state index contributed by atoms with van der Waals surface area (Å²) >= 11 is 3.28. The van der Waals surface area contributed by atoms with Gasteiger partial charge in [-0.15, -0.1) is 0 Å². The number of thiol groups is 1. The molecule has 0 spiro atoms. The summed E-state index contributed by atoms with van der Waals surface area (Å²) < 4.78 is 3.99. The van der Waals surface area contributed by atoms with Crippen molar-refractivity contribution in [3.05, 3.63) is 0 Å². The number of carbonyl (C=O) groups is 1. The lowest BCUT2D eigenvalue weighted by Gasteiger charge is -1.92. The van der Waals surface area contributed by atoms with Crippen LogP contribution in [0.2, 0.25) is 0 Å². The monoisotopic (exact) mass is 121 g/mol. The highest BCUT2D eigenvalue weighted by molar-refractivity contribution is 7.75. The van der Waals surface area contributed by atoms with Crippen LogP contribution in [0.5, 0.6) is 0 Å². The molecular formula is C3H7NO2S. The largest absolute Gasteiger partial charge is 0.273 e. The molecule has 0 aliphatic rings. The van der Waals surface area contributed by atoms with Crippen molar-refractivity contribution in [2.24, 2.45) is 0 Å². The summed E-state index contributed by atoms with van der Waals surface area (Å²) in [4.78, 5) is 10.1. The Morgan fingerprint density at radius 1 is 2.00 bits per heavy atom. The molecule has 0 aliphatic heterocycles.